The molecule has 0 radical (unpaired) electrons. The molecule has 1 heterocycles. The van der Waals surface area contributed by atoms with Gasteiger partial charge < -0.3 is 4.90 Å². The van der Waals surface area contributed by atoms with E-state index in [1.807, 2.05) is 31.2 Å². The quantitative estimate of drug-likeness (QED) is 0.669. The largest absolute Gasteiger partial charge is 0.365 e. The van der Waals surface area contributed by atoms with Crippen molar-refractivity contribution >= 4 is 5.69 Å². The van der Waals surface area contributed by atoms with Crippen LogP contribution in [0.2, 0.25) is 0 Å². The summed E-state index contributed by atoms with van der Waals surface area (Å²) in [6, 6.07) is 7.70. The average Bonchev–Trinajstić information content (AvgIpc) is 2.47. The highest BCUT2D eigenvalue weighted by Crippen LogP contribution is 2.30. The zero-order valence-corrected chi connectivity index (χ0v) is 8.13. The topological polar surface area (TPSA) is 3.24 Å². The van der Waals surface area contributed by atoms with Crippen LogP contribution in [0.3, 0.4) is 0 Å². The number of hydrogen-bond donors (Lipinski definition) is 0. The van der Waals surface area contributed by atoms with Gasteiger partial charge in [0.2, 0.25) is 0 Å². The first-order valence-electron chi connectivity index (χ1n) is 4.76. The molecule has 1 aromatic carbocycles. The van der Waals surface area contributed by atoms with E-state index >= 15 is 0 Å². The summed E-state index contributed by atoms with van der Waals surface area (Å²) < 4.78 is 25.8. The van der Waals surface area contributed by atoms with Gasteiger partial charge in [0.25, 0.3) is 5.92 Å². The van der Waals surface area contributed by atoms with Crippen molar-refractivity contribution in [1.29, 1.82) is 0 Å². The number of rotatable bonds is 1. The van der Waals surface area contributed by atoms with Gasteiger partial charge in [0.05, 0.1) is 6.54 Å². The van der Waals surface area contributed by atoms with Gasteiger partial charge in [-0.15, -0.1) is 0 Å². The number of hydrogen-bond acceptors (Lipinski definition) is 1. The molecule has 0 aliphatic carbocycles. The Kier molecular flexibility index (Phi) is 2.17. The predicted octanol–water partition coefficient (Wildman–Crippen LogP) is 2.84. The Balaban J connectivity index is 2.14. The highest BCUT2D eigenvalue weighted by atomic mass is 19.3. The molecular weight excluding hydrogens is 184 g/mol. The van der Waals surface area contributed by atoms with E-state index in [-0.39, 0.29) is 13.0 Å². The van der Waals surface area contributed by atoms with Gasteiger partial charge in [-0.2, -0.15) is 0 Å². The third-order valence-corrected chi connectivity index (χ3v) is 2.57. The number of nitrogens with zero attached hydrogens (tertiary/aromatic N) is 1. The summed E-state index contributed by atoms with van der Waals surface area (Å²) in [7, 11) is 0. The molecule has 1 aromatic rings. The molecule has 0 aromatic heterocycles. The maximum absolute atomic E-state index is 12.9. The van der Waals surface area contributed by atoms with Crippen LogP contribution in [0.5, 0.6) is 0 Å². The lowest BCUT2D eigenvalue weighted by Gasteiger charge is -2.18. The van der Waals surface area contributed by atoms with Crippen LogP contribution in [0, 0.1) is 6.92 Å². The van der Waals surface area contributed by atoms with E-state index in [4.69, 9.17) is 0 Å². The van der Waals surface area contributed by atoms with Crippen molar-refractivity contribution in [3.05, 3.63) is 29.8 Å². The van der Waals surface area contributed by atoms with Gasteiger partial charge in [0.1, 0.15) is 0 Å². The molecule has 1 fully saturated rings. The molecule has 3 heteroatoms. The number of benzene rings is 1. The minimum absolute atomic E-state index is 0.0269. The van der Waals surface area contributed by atoms with Gasteiger partial charge >= 0.3 is 0 Å². The molecule has 76 valence electrons. The fourth-order valence-electron chi connectivity index (χ4n) is 1.71. The first-order valence-corrected chi connectivity index (χ1v) is 4.76. The van der Waals surface area contributed by atoms with Crippen molar-refractivity contribution in [2.24, 2.45) is 0 Å². The number of aryl methyl sites for hydroxylation is 1. The lowest BCUT2D eigenvalue weighted by molar-refractivity contribution is 0.0257. The van der Waals surface area contributed by atoms with Gasteiger partial charge in [0, 0.05) is 18.7 Å². The molecule has 1 saturated heterocycles. The second-order valence-corrected chi connectivity index (χ2v) is 3.86. The van der Waals surface area contributed by atoms with Crippen LogP contribution < -0.4 is 4.90 Å². The molecule has 0 atom stereocenters. The maximum Gasteiger partial charge on any atom is 0.266 e. The Morgan fingerprint density at radius 2 is 1.86 bits per heavy atom. The van der Waals surface area contributed by atoms with Crippen LogP contribution in [0.25, 0.3) is 0 Å². The first kappa shape index (κ1) is 9.44. The normalized spacial score (nSPS) is 20.1. The lowest BCUT2D eigenvalue weighted by Crippen LogP contribution is -2.24. The molecule has 0 saturated carbocycles. The molecule has 0 N–H and O–H groups in total. The van der Waals surface area contributed by atoms with E-state index in [0.717, 1.165) is 11.3 Å². The Labute approximate surface area is 82.3 Å². The fraction of sp³-hybridized carbons (Fsp3) is 0.455. The molecule has 1 aliphatic heterocycles. The standard InChI is InChI=1S/C11H13F2N/c1-9-2-4-10(5-3-9)14-7-6-11(12,13)8-14/h2-5H,6-8H2,1H3. The minimum Gasteiger partial charge on any atom is -0.365 e. The van der Waals surface area contributed by atoms with E-state index in [1.165, 1.54) is 0 Å². The Hall–Kier alpha value is -1.12. The van der Waals surface area contributed by atoms with Crippen LogP contribution in [-0.2, 0) is 0 Å². The van der Waals surface area contributed by atoms with Gasteiger partial charge in [-0.3, -0.25) is 0 Å². The van der Waals surface area contributed by atoms with E-state index in [9.17, 15) is 8.78 Å². The molecule has 14 heavy (non-hydrogen) atoms. The Morgan fingerprint density at radius 3 is 2.36 bits per heavy atom. The summed E-state index contributed by atoms with van der Waals surface area (Å²) in [4.78, 5) is 1.74. The molecule has 0 amide bonds. The zero-order chi connectivity index (χ0) is 10.2. The predicted molar refractivity (Wildman–Crippen MR) is 53.0 cm³/mol. The van der Waals surface area contributed by atoms with Crippen molar-refractivity contribution in [1.82, 2.24) is 0 Å². The van der Waals surface area contributed by atoms with Crippen LogP contribution in [0.15, 0.2) is 24.3 Å². The molecule has 1 aliphatic rings. The van der Waals surface area contributed by atoms with Gasteiger partial charge in [-0.05, 0) is 19.1 Å². The average molecular weight is 197 g/mol. The van der Waals surface area contributed by atoms with Crippen LogP contribution in [0.4, 0.5) is 14.5 Å². The van der Waals surface area contributed by atoms with Crippen LogP contribution >= 0.6 is 0 Å². The number of halogens is 2. The molecule has 0 bridgehead atoms. The number of anilines is 1. The summed E-state index contributed by atoms with van der Waals surface area (Å²) in [6.45, 7) is 2.30. The van der Waals surface area contributed by atoms with Gasteiger partial charge in [-0.25, -0.2) is 8.78 Å². The van der Waals surface area contributed by atoms with Gasteiger partial charge in [0.15, 0.2) is 0 Å². The lowest BCUT2D eigenvalue weighted by atomic mass is 10.2. The third-order valence-electron chi connectivity index (χ3n) is 2.57. The SMILES string of the molecule is Cc1ccc(N2CCC(F)(F)C2)cc1. The second kappa shape index (κ2) is 3.23. The Morgan fingerprint density at radius 1 is 1.21 bits per heavy atom. The van der Waals surface area contributed by atoms with Crippen molar-refractivity contribution in [2.75, 3.05) is 18.0 Å². The summed E-state index contributed by atoms with van der Waals surface area (Å²) in [5.41, 5.74) is 2.05. The Bertz CT molecular complexity index is 319. The number of alkyl halides is 2. The highest BCUT2D eigenvalue weighted by Gasteiger charge is 2.38. The second-order valence-electron chi connectivity index (χ2n) is 3.86. The zero-order valence-electron chi connectivity index (χ0n) is 8.13. The van der Waals surface area contributed by atoms with E-state index in [0.29, 0.717) is 6.54 Å². The van der Waals surface area contributed by atoms with Crippen LogP contribution in [-0.4, -0.2) is 19.0 Å². The highest BCUT2D eigenvalue weighted by molar-refractivity contribution is 5.48. The summed E-state index contributed by atoms with van der Waals surface area (Å²) >= 11 is 0. The minimum atomic E-state index is -2.51. The monoisotopic (exact) mass is 197 g/mol. The van der Waals surface area contributed by atoms with Crippen molar-refractivity contribution < 1.29 is 8.78 Å². The third kappa shape index (κ3) is 1.86. The van der Waals surface area contributed by atoms with Crippen molar-refractivity contribution in [2.45, 2.75) is 19.3 Å². The van der Waals surface area contributed by atoms with E-state index in [2.05, 4.69) is 0 Å². The molecule has 0 spiro atoms. The van der Waals surface area contributed by atoms with Crippen molar-refractivity contribution in [3.63, 3.8) is 0 Å². The maximum atomic E-state index is 12.9. The summed E-state index contributed by atoms with van der Waals surface area (Å²) in [6.07, 6.45) is -0.0269. The summed E-state index contributed by atoms with van der Waals surface area (Å²) in [5.74, 6) is -2.51. The van der Waals surface area contributed by atoms with Crippen molar-refractivity contribution in [3.8, 4) is 0 Å². The molecule has 2 rings (SSSR count). The fourth-order valence-corrected chi connectivity index (χ4v) is 1.71. The smallest absolute Gasteiger partial charge is 0.266 e. The van der Waals surface area contributed by atoms with E-state index < -0.39 is 5.92 Å². The molecule has 1 nitrogen and oxygen atoms in total. The first-order chi connectivity index (χ1) is 6.57. The molecular formula is C11H13F2N. The van der Waals surface area contributed by atoms with E-state index in [1.54, 1.807) is 4.90 Å². The molecule has 0 unspecified atom stereocenters. The van der Waals surface area contributed by atoms with Gasteiger partial charge in [-0.1, -0.05) is 17.7 Å². The summed E-state index contributed by atoms with van der Waals surface area (Å²) in [5, 5.41) is 0. The van der Waals surface area contributed by atoms with Crippen LogP contribution in [0.1, 0.15) is 12.0 Å².